The first-order valence-corrected chi connectivity index (χ1v) is 36.9. The van der Waals surface area contributed by atoms with Gasteiger partial charge in [-0.25, -0.2) is 0 Å². The zero-order valence-electron chi connectivity index (χ0n) is 65.8. The molecule has 0 unspecified atom stereocenters. The molecule has 8 aromatic carbocycles. The molecule has 0 N–H and O–H groups in total. The maximum Gasteiger partial charge on any atom is 0.0448 e. The molecular formula is C93H139N3. The van der Waals surface area contributed by atoms with Crippen LogP contribution in [0, 0.1) is 0 Å². The number of hydrogen-bond donors (Lipinski definition) is 0. The molecule has 96 heavy (non-hydrogen) atoms. The lowest BCUT2D eigenvalue weighted by Gasteiger charge is -2.42. The van der Waals surface area contributed by atoms with Gasteiger partial charge in [-0.1, -0.05) is 338 Å². The Bertz CT molecular complexity index is 2950. The lowest BCUT2D eigenvalue weighted by atomic mass is 9.68. The molecule has 3 nitrogen and oxygen atoms in total. The summed E-state index contributed by atoms with van der Waals surface area (Å²) in [6.45, 7) is 47.1. The predicted molar refractivity (Wildman–Crippen MR) is 430 cm³/mol. The fraction of sp³-hybridized carbons (Fsp3) is 0.484. The Morgan fingerprint density at radius 1 is 0.323 bits per heavy atom. The van der Waals surface area contributed by atoms with Crippen molar-refractivity contribution in [3.8, 4) is 0 Å². The summed E-state index contributed by atoms with van der Waals surface area (Å²) in [5.41, 5.74) is 12.5. The smallest absolute Gasteiger partial charge is 0.0448 e. The first kappa shape index (κ1) is 85.7. The maximum absolute atomic E-state index is 2.38. The minimum Gasteiger partial charge on any atom is -0.306 e. The van der Waals surface area contributed by atoms with Gasteiger partial charge in [0, 0.05) is 40.0 Å². The van der Waals surface area contributed by atoms with E-state index in [-0.39, 0.29) is 21.9 Å². The highest BCUT2D eigenvalue weighted by atomic mass is 15.2. The quantitative estimate of drug-likeness (QED) is 0.0893. The Morgan fingerprint density at radius 3 is 0.802 bits per heavy atom. The fourth-order valence-corrected chi connectivity index (χ4v) is 12.1. The van der Waals surface area contributed by atoms with Gasteiger partial charge in [-0.3, -0.25) is 4.90 Å². The van der Waals surface area contributed by atoms with Crippen molar-refractivity contribution < 1.29 is 0 Å². The van der Waals surface area contributed by atoms with Crippen molar-refractivity contribution in [1.82, 2.24) is 14.7 Å². The first-order chi connectivity index (χ1) is 45.4. The van der Waals surface area contributed by atoms with Gasteiger partial charge in [0.1, 0.15) is 0 Å². The van der Waals surface area contributed by atoms with Crippen LogP contribution in [-0.4, -0.2) is 72.1 Å². The molecule has 9 rings (SSSR count). The number of hydrogen-bond acceptors (Lipinski definition) is 3. The summed E-state index contributed by atoms with van der Waals surface area (Å²) >= 11 is 0. The van der Waals surface area contributed by atoms with Crippen LogP contribution in [-0.2, 0) is 21.7 Å². The molecular weight excluding hydrogens is 1160 g/mol. The molecule has 0 bridgehead atoms. The van der Waals surface area contributed by atoms with Crippen molar-refractivity contribution in [2.75, 3.05) is 28.2 Å². The van der Waals surface area contributed by atoms with Crippen molar-refractivity contribution in [3.63, 3.8) is 0 Å². The Hall–Kier alpha value is -6.36. The molecule has 1 fully saturated rings. The third kappa shape index (κ3) is 29.0. The average Bonchev–Trinajstić information content (AvgIpc) is 0.758. The van der Waals surface area contributed by atoms with E-state index in [2.05, 4.69) is 425 Å². The average molecular weight is 1300 g/mol. The molecule has 8 aromatic rings. The topological polar surface area (TPSA) is 9.72 Å². The van der Waals surface area contributed by atoms with Crippen LogP contribution >= 0.6 is 0 Å². The molecule has 0 spiro atoms. The minimum atomic E-state index is -0.0796. The van der Waals surface area contributed by atoms with E-state index < -0.39 is 0 Å². The number of benzene rings is 8. The fourth-order valence-electron chi connectivity index (χ4n) is 12.1. The molecule has 1 aliphatic carbocycles. The van der Waals surface area contributed by atoms with Crippen LogP contribution in [0.1, 0.15) is 260 Å². The van der Waals surface area contributed by atoms with E-state index in [1.54, 1.807) is 0 Å². The van der Waals surface area contributed by atoms with E-state index in [0.29, 0.717) is 28.8 Å². The minimum absolute atomic E-state index is 0.0796. The van der Waals surface area contributed by atoms with Crippen LogP contribution in [0.4, 0.5) is 0 Å². The van der Waals surface area contributed by atoms with Crippen LogP contribution in [0.5, 0.6) is 0 Å². The summed E-state index contributed by atoms with van der Waals surface area (Å²) in [5, 5.41) is 0. The van der Waals surface area contributed by atoms with Gasteiger partial charge in [0.2, 0.25) is 0 Å². The third-order valence-electron chi connectivity index (χ3n) is 20.7. The van der Waals surface area contributed by atoms with Crippen LogP contribution in [0.3, 0.4) is 0 Å². The van der Waals surface area contributed by atoms with Crippen LogP contribution in [0.25, 0.3) is 0 Å². The van der Waals surface area contributed by atoms with Crippen molar-refractivity contribution in [1.29, 1.82) is 0 Å². The zero-order chi connectivity index (χ0) is 72.0. The van der Waals surface area contributed by atoms with Gasteiger partial charge in [-0.15, -0.1) is 0 Å². The van der Waals surface area contributed by atoms with Gasteiger partial charge in [0.25, 0.3) is 0 Å². The van der Waals surface area contributed by atoms with E-state index in [9.17, 15) is 0 Å². The Labute approximate surface area is 593 Å². The molecule has 1 saturated carbocycles. The van der Waals surface area contributed by atoms with Crippen molar-refractivity contribution >= 4 is 0 Å². The highest BCUT2D eigenvalue weighted by molar-refractivity contribution is 5.50. The molecule has 526 valence electrons. The molecule has 0 amide bonds. The Balaban J connectivity index is 0.000000382. The van der Waals surface area contributed by atoms with Crippen LogP contribution in [0.15, 0.2) is 243 Å². The van der Waals surface area contributed by atoms with Gasteiger partial charge >= 0.3 is 0 Å². The van der Waals surface area contributed by atoms with Crippen molar-refractivity contribution in [3.05, 3.63) is 287 Å². The third-order valence-corrected chi connectivity index (χ3v) is 20.7. The molecule has 1 aliphatic rings. The molecule has 0 aliphatic heterocycles. The van der Waals surface area contributed by atoms with Gasteiger partial charge in [0.15, 0.2) is 0 Å². The van der Waals surface area contributed by atoms with Gasteiger partial charge in [-0.05, 0) is 204 Å². The van der Waals surface area contributed by atoms with E-state index in [1.807, 2.05) is 6.07 Å². The summed E-state index contributed by atoms with van der Waals surface area (Å²) in [5.74, 6) is 0.659. The van der Waals surface area contributed by atoms with E-state index >= 15 is 0 Å². The summed E-state index contributed by atoms with van der Waals surface area (Å²) in [7, 11) is 8.70. The number of nitrogens with zero attached hydrogens (tertiary/aromatic N) is 3. The van der Waals surface area contributed by atoms with Gasteiger partial charge in [-0.2, -0.15) is 0 Å². The van der Waals surface area contributed by atoms with Gasteiger partial charge in [0.05, 0.1) is 0 Å². The summed E-state index contributed by atoms with van der Waals surface area (Å²) in [6.07, 6.45) is 13.0. The largest absolute Gasteiger partial charge is 0.306 e. The summed E-state index contributed by atoms with van der Waals surface area (Å²) < 4.78 is 0. The van der Waals surface area contributed by atoms with Crippen LogP contribution < -0.4 is 0 Å². The van der Waals surface area contributed by atoms with Crippen LogP contribution in [0.2, 0.25) is 0 Å². The molecule has 0 atom stereocenters. The standard InChI is InChI=1S/C21H20.C16H18.C12H18.C11H16.C9H21N.C9H12.C8H17N.C7H17N/c1-2-21(18-12-6-3-7-13-18,19-14-8-4-9-15-19)20-16-10-5-11-17-20;1-3-16(2,14-10-6-4-7-11-14)15-12-8-5-9-13-15;1-4-12(3,5-2)11-9-7-6-8-10-11;1-4-11(2,3)10-8-6-5-7-9-10;1-8(2,3)10(7)9(4,5)6;1-8(2)9-6-4-3-5-7-9;1-9(2)8-6-4-3-5-7-8;1-6(2)8(5)7(3)4/h3-17H,2H2,1H3;4-13H,3H2,1-2H3;6-10H,4-5H2,1-3H3;5-9H,4H2,1-3H3;1-7H3;3-8H,1-2H3;8H,3-7H2,1-2H3;6-7H,1-5H3. The lowest BCUT2D eigenvalue weighted by Crippen LogP contribution is -2.49. The maximum atomic E-state index is 2.38. The summed E-state index contributed by atoms with van der Waals surface area (Å²) in [6, 6.07) is 88.2. The number of rotatable bonds is 16. The molecule has 3 heteroatoms. The molecule has 0 heterocycles. The monoisotopic (exact) mass is 1300 g/mol. The highest BCUT2D eigenvalue weighted by Crippen LogP contribution is 2.42. The van der Waals surface area contributed by atoms with E-state index in [1.165, 1.54) is 95.9 Å². The molecule has 0 radical (unpaired) electrons. The lowest BCUT2D eigenvalue weighted by molar-refractivity contribution is 0.0700. The highest BCUT2D eigenvalue weighted by Gasteiger charge is 2.34. The molecule has 0 saturated heterocycles. The van der Waals surface area contributed by atoms with Gasteiger partial charge < -0.3 is 9.80 Å². The Morgan fingerprint density at radius 2 is 0.604 bits per heavy atom. The van der Waals surface area contributed by atoms with Crippen molar-refractivity contribution in [2.45, 2.75) is 266 Å². The van der Waals surface area contributed by atoms with E-state index in [4.69, 9.17) is 0 Å². The van der Waals surface area contributed by atoms with E-state index in [0.717, 1.165) is 18.9 Å². The first-order valence-electron chi connectivity index (χ1n) is 36.9. The molecule has 0 aromatic heterocycles. The normalized spacial score (nSPS) is 12.7. The Kier molecular flexibility index (Phi) is 39.1. The second kappa shape index (κ2) is 43.8. The zero-order valence-corrected chi connectivity index (χ0v) is 65.8. The van der Waals surface area contributed by atoms with Crippen molar-refractivity contribution in [2.24, 2.45) is 0 Å². The predicted octanol–water partition coefficient (Wildman–Crippen LogP) is 25.9. The second-order valence-corrected chi connectivity index (χ2v) is 30.6. The summed E-state index contributed by atoms with van der Waals surface area (Å²) in [4.78, 5) is 7.07. The second-order valence-electron chi connectivity index (χ2n) is 30.6. The SMILES string of the molecule is CC(C)N(C)C(C)C.CC(C)c1ccccc1.CCC(C)(C)c1ccccc1.CCC(C)(CC)c1ccccc1.CCC(C)(c1ccccc1)c1ccccc1.CCC(c1ccccc1)(c1ccccc1)c1ccccc1.CN(C(C)(C)C)C(C)(C)C.CN(C)C1CCCCC1.